The Morgan fingerprint density at radius 1 is 1.58 bits per heavy atom. The summed E-state index contributed by atoms with van der Waals surface area (Å²) in [6.07, 6.45) is 1.10. The highest BCUT2D eigenvalue weighted by atomic mass is 16.5. The van der Waals surface area contributed by atoms with Gasteiger partial charge in [0.15, 0.2) is 0 Å². The van der Waals surface area contributed by atoms with Crippen LogP contribution < -0.4 is 4.90 Å². The first-order chi connectivity index (χ1) is 9.02. The number of anilines is 1. The van der Waals surface area contributed by atoms with Crippen molar-refractivity contribution in [3.63, 3.8) is 0 Å². The third-order valence-corrected chi connectivity index (χ3v) is 3.46. The molecule has 1 unspecified atom stereocenters. The van der Waals surface area contributed by atoms with Gasteiger partial charge in [0.2, 0.25) is 0 Å². The van der Waals surface area contributed by atoms with Gasteiger partial charge in [-0.3, -0.25) is 4.98 Å². The summed E-state index contributed by atoms with van der Waals surface area (Å²) >= 11 is 0. The molecule has 5 heteroatoms. The van der Waals surface area contributed by atoms with Crippen molar-refractivity contribution in [3.8, 4) is 0 Å². The molecule has 0 aliphatic carbocycles. The van der Waals surface area contributed by atoms with Crippen LogP contribution in [0.15, 0.2) is 6.07 Å². The second-order valence-electron chi connectivity index (χ2n) is 4.90. The number of nitrogens with zero attached hydrogens (tertiary/aromatic N) is 2. The van der Waals surface area contributed by atoms with Gasteiger partial charge in [0.25, 0.3) is 0 Å². The van der Waals surface area contributed by atoms with Crippen LogP contribution in [0.3, 0.4) is 0 Å². The SMILES string of the molecule is CCC1CN(c2cc(C)nc(C)c2C(=O)O)CCO1. The van der Waals surface area contributed by atoms with E-state index in [2.05, 4.69) is 16.8 Å². The largest absolute Gasteiger partial charge is 0.478 e. The van der Waals surface area contributed by atoms with Crippen LogP contribution in [0.25, 0.3) is 0 Å². The van der Waals surface area contributed by atoms with Crippen LogP contribution in [-0.2, 0) is 4.74 Å². The minimum atomic E-state index is -0.917. The summed E-state index contributed by atoms with van der Waals surface area (Å²) in [6, 6.07) is 1.86. The van der Waals surface area contributed by atoms with Crippen LogP contribution in [0.2, 0.25) is 0 Å². The normalized spacial score (nSPS) is 19.5. The van der Waals surface area contributed by atoms with E-state index in [0.717, 1.165) is 30.9 Å². The Morgan fingerprint density at radius 2 is 2.32 bits per heavy atom. The lowest BCUT2D eigenvalue weighted by Crippen LogP contribution is -2.43. The fourth-order valence-corrected chi connectivity index (χ4v) is 2.51. The summed E-state index contributed by atoms with van der Waals surface area (Å²) in [5, 5.41) is 9.39. The summed E-state index contributed by atoms with van der Waals surface area (Å²) < 4.78 is 5.63. The average molecular weight is 264 g/mol. The van der Waals surface area contributed by atoms with Crippen LogP contribution in [-0.4, -0.2) is 41.9 Å². The Bertz CT molecular complexity index is 488. The van der Waals surface area contributed by atoms with Crippen LogP contribution in [0.5, 0.6) is 0 Å². The molecule has 1 aromatic heterocycles. The summed E-state index contributed by atoms with van der Waals surface area (Å²) in [5.74, 6) is -0.917. The zero-order valence-electron chi connectivity index (χ0n) is 11.6. The van der Waals surface area contributed by atoms with Gasteiger partial charge in [-0.05, 0) is 26.3 Å². The number of carbonyl (C=O) groups is 1. The van der Waals surface area contributed by atoms with Crippen LogP contribution in [0.1, 0.15) is 35.1 Å². The Labute approximate surface area is 113 Å². The van der Waals surface area contributed by atoms with Crippen LogP contribution in [0.4, 0.5) is 5.69 Å². The molecule has 2 heterocycles. The molecule has 104 valence electrons. The molecule has 1 atom stereocenters. The first-order valence-electron chi connectivity index (χ1n) is 6.61. The number of carboxylic acids is 1. The second kappa shape index (κ2) is 5.57. The highest BCUT2D eigenvalue weighted by Crippen LogP contribution is 2.26. The van der Waals surface area contributed by atoms with Crippen molar-refractivity contribution in [1.82, 2.24) is 4.98 Å². The lowest BCUT2D eigenvalue weighted by Gasteiger charge is -2.35. The van der Waals surface area contributed by atoms with Gasteiger partial charge in [-0.25, -0.2) is 4.79 Å². The van der Waals surface area contributed by atoms with Gasteiger partial charge in [-0.1, -0.05) is 6.92 Å². The molecular weight excluding hydrogens is 244 g/mol. The smallest absolute Gasteiger partial charge is 0.339 e. The first-order valence-corrected chi connectivity index (χ1v) is 6.61. The maximum Gasteiger partial charge on any atom is 0.339 e. The molecule has 1 aromatic rings. The molecule has 0 amide bonds. The standard InChI is InChI=1S/C14H20N2O3/c1-4-11-8-16(5-6-19-11)12-7-9(2)15-10(3)13(12)14(17)18/h7,11H,4-6,8H2,1-3H3,(H,17,18). The molecule has 1 saturated heterocycles. The lowest BCUT2D eigenvalue weighted by molar-refractivity contribution is 0.0382. The fraction of sp³-hybridized carbons (Fsp3) is 0.571. The summed E-state index contributed by atoms with van der Waals surface area (Å²) in [7, 11) is 0. The molecule has 5 nitrogen and oxygen atoms in total. The number of aryl methyl sites for hydroxylation is 2. The molecule has 1 aliphatic rings. The van der Waals surface area contributed by atoms with Crippen molar-refractivity contribution in [2.24, 2.45) is 0 Å². The van der Waals surface area contributed by atoms with E-state index in [9.17, 15) is 9.90 Å². The minimum Gasteiger partial charge on any atom is -0.478 e. The topological polar surface area (TPSA) is 62.7 Å². The Morgan fingerprint density at radius 3 is 2.95 bits per heavy atom. The predicted octanol–water partition coefficient (Wildman–Crippen LogP) is 2.01. The van der Waals surface area contributed by atoms with E-state index in [4.69, 9.17) is 4.74 Å². The third kappa shape index (κ3) is 2.87. The average Bonchev–Trinajstić information content (AvgIpc) is 2.37. The minimum absolute atomic E-state index is 0.171. The van der Waals surface area contributed by atoms with E-state index in [0.29, 0.717) is 17.9 Å². The molecule has 0 saturated carbocycles. The predicted molar refractivity (Wildman–Crippen MR) is 72.9 cm³/mol. The summed E-state index contributed by atoms with van der Waals surface area (Å²) in [4.78, 5) is 17.8. The van der Waals surface area contributed by atoms with Crippen molar-refractivity contribution in [2.75, 3.05) is 24.6 Å². The number of aromatic nitrogens is 1. The maximum atomic E-state index is 11.4. The van der Waals surface area contributed by atoms with Crippen molar-refractivity contribution >= 4 is 11.7 Å². The molecule has 0 radical (unpaired) electrons. The van der Waals surface area contributed by atoms with Crippen LogP contribution in [0, 0.1) is 13.8 Å². The van der Waals surface area contributed by atoms with Gasteiger partial charge >= 0.3 is 5.97 Å². The first kappa shape index (κ1) is 13.8. The molecule has 0 spiro atoms. The van der Waals surface area contributed by atoms with Gasteiger partial charge in [0.05, 0.1) is 24.1 Å². The number of hydrogen-bond donors (Lipinski definition) is 1. The Balaban J connectivity index is 2.40. The molecule has 1 fully saturated rings. The zero-order chi connectivity index (χ0) is 14.0. The lowest BCUT2D eigenvalue weighted by atomic mass is 10.1. The number of aromatic carboxylic acids is 1. The number of rotatable bonds is 3. The molecule has 0 aromatic carbocycles. The Hall–Kier alpha value is -1.62. The number of hydrogen-bond acceptors (Lipinski definition) is 4. The van der Waals surface area contributed by atoms with E-state index in [-0.39, 0.29) is 6.10 Å². The van der Waals surface area contributed by atoms with Gasteiger partial charge < -0.3 is 14.7 Å². The Kier molecular flexibility index (Phi) is 4.04. The van der Waals surface area contributed by atoms with Gasteiger partial charge in [0, 0.05) is 18.8 Å². The van der Waals surface area contributed by atoms with E-state index < -0.39 is 5.97 Å². The number of pyridine rings is 1. The van der Waals surface area contributed by atoms with Crippen LogP contribution >= 0.6 is 0 Å². The van der Waals surface area contributed by atoms with E-state index in [1.54, 1.807) is 6.92 Å². The number of ether oxygens (including phenoxy) is 1. The van der Waals surface area contributed by atoms with Crippen molar-refractivity contribution in [3.05, 3.63) is 23.0 Å². The highest BCUT2D eigenvalue weighted by molar-refractivity contribution is 5.95. The molecule has 1 aliphatic heterocycles. The summed E-state index contributed by atoms with van der Waals surface area (Å²) in [6.45, 7) is 7.81. The maximum absolute atomic E-state index is 11.4. The number of carboxylic acid groups (broad SMARTS) is 1. The van der Waals surface area contributed by atoms with E-state index in [1.807, 2.05) is 13.0 Å². The quantitative estimate of drug-likeness (QED) is 0.904. The highest BCUT2D eigenvalue weighted by Gasteiger charge is 2.25. The van der Waals surface area contributed by atoms with Crippen molar-refractivity contribution in [1.29, 1.82) is 0 Å². The summed E-state index contributed by atoms with van der Waals surface area (Å²) in [5.41, 5.74) is 2.49. The number of morpholine rings is 1. The molecular formula is C14H20N2O3. The monoisotopic (exact) mass is 264 g/mol. The molecule has 2 rings (SSSR count). The van der Waals surface area contributed by atoms with Crippen molar-refractivity contribution in [2.45, 2.75) is 33.3 Å². The fourth-order valence-electron chi connectivity index (χ4n) is 2.51. The van der Waals surface area contributed by atoms with Crippen molar-refractivity contribution < 1.29 is 14.6 Å². The third-order valence-electron chi connectivity index (χ3n) is 3.46. The molecule has 0 bridgehead atoms. The zero-order valence-corrected chi connectivity index (χ0v) is 11.6. The molecule has 1 N–H and O–H groups in total. The molecule has 19 heavy (non-hydrogen) atoms. The van der Waals surface area contributed by atoms with Gasteiger partial charge in [0.1, 0.15) is 5.56 Å². The van der Waals surface area contributed by atoms with E-state index in [1.165, 1.54) is 0 Å². The van der Waals surface area contributed by atoms with Gasteiger partial charge in [-0.15, -0.1) is 0 Å². The second-order valence-corrected chi connectivity index (χ2v) is 4.90. The van der Waals surface area contributed by atoms with E-state index >= 15 is 0 Å². The van der Waals surface area contributed by atoms with Gasteiger partial charge in [-0.2, -0.15) is 0 Å².